The number of halogens is 9. The molecule has 0 aliphatic heterocycles. The van der Waals surface area contributed by atoms with Crippen LogP contribution in [0, 0.1) is 0 Å². The van der Waals surface area contributed by atoms with Gasteiger partial charge in [0.2, 0.25) is 0 Å². The Hall–Kier alpha value is -0.970. The Balaban J connectivity index is 6.52. The maximum Gasteiger partial charge on any atom is 0.460 e. The summed E-state index contributed by atoms with van der Waals surface area (Å²) in [6.45, 7) is -4.35. The van der Waals surface area contributed by atoms with Gasteiger partial charge in [-0.15, -0.1) is 0 Å². The molecule has 0 radical (unpaired) electrons. The number of sulfonamides is 1. The van der Waals surface area contributed by atoms with E-state index in [-0.39, 0.29) is 17.6 Å². The van der Waals surface area contributed by atoms with Crippen molar-refractivity contribution in [2.75, 3.05) is 52.7 Å². The van der Waals surface area contributed by atoms with Crippen LogP contribution in [-0.2, 0) is 20.1 Å². The second kappa shape index (κ2) is 12.0. The van der Waals surface area contributed by atoms with Crippen molar-refractivity contribution in [2.45, 2.75) is 48.3 Å². The first-order valence-electron chi connectivity index (χ1n) is 10.1. The van der Waals surface area contributed by atoms with E-state index in [9.17, 15) is 66.6 Å². The van der Waals surface area contributed by atoms with Crippen LogP contribution in [0.25, 0.3) is 0 Å². The Morgan fingerprint density at radius 1 is 0.865 bits per heavy atom. The van der Waals surface area contributed by atoms with Crippen LogP contribution in [0.15, 0.2) is 0 Å². The number of nitrogens with zero attached hydrogens (tertiary/aromatic N) is 2. The van der Waals surface area contributed by atoms with Gasteiger partial charge in [-0.05, 0) is 6.42 Å². The summed E-state index contributed by atoms with van der Waals surface area (Å²) >= 11 is 0. The fourth-order valence-corrected chi connectivity index (χ4v) is 5.29. The lowest BCUT2D eigenvalue weighted by molar-refractivity contribution is -0.893. The molecule has 0 aromatic rings. The average molecular weight is 612 g/mol. The summed E-state index contributed by atoms with van der Waals surface area (Å²) in [5.41, 5.74) is 0. The highest BCUT2D eigenvalue weighted by molar-refractivity contribution is 7.90. The minimum absolute atomic E-state index is 0.254. The first kappa shape index (κ1) is 36.0. The van der Waals surface area contributed by atoms with E-state index >= 15 is 0 Å². The van der Waals surface area contributed by atoms with Crippen molar-refractivity contribution in [1.82, 2.24) is 4.31 Å². The molecule has 224 valence electrons. The predicted molar refractivity (Wildman–Crippen MR) is 108 cm³/mol. The number of alkyl halides is 9. The largest absolute Gasteiger partial charge is 0.460 e. The van der Waals surface area contributed by atoms with Crippen LogP contribution in [0.5, 0.6) is 0 Å². The molecule has 0 aromatic carbocycles. The third-order valence-electron chi connectivity index (χ3n) is 5.13. The average Bonchev–Trinajstić information content (AvgIpc) is 2.70. The molecule has 0 aromatic heterocycles. The Labute approximate surface area is 206 Å². The van der Waals surface area contributed by atoms with Crippen LogP contribution in [0.4, 0.5) is 39.5 Å². The first-order chi connectivity index (χ1) is 16.2. The van der Waals surface area contributed by atoms with Gasteiger partial charge in [0.15, 0.2) is 0 Å². The lowest BCUT2D eigenvalue weighted by Gasteiger charge is -2.39. The summed E-state index contributed by atoms with van der Waals surface area (Å²) in [5, 5.41) is 20.9. The van der Waals surface area contributed by atoms with Crippen LogP contribution in [0.1, 0.15) is 12.8 Å². The van der Waals surface area contributed by atoms with Gasteiger partial charge in [0, 0.05) is 13.0 Å². The normalized spacial score (nSPS) is 16.8. The van der Waals surface area contributed by atoms with E-state index in [1.165, 1.54) is 14.1 Å². The van der Waals surface area contributed by atoms with Crippen molar-refractivity contribution in [3.05, 3.63) is 0 Å². The predicted octanol–water partition coefficient (Wildman–Crippen LogP) is 0.502. The molecule has 21 heteroatoms. The quantitative estimate of drug-likeness (QED) is 0.112. The first-order valence-corrected chi connectivity index (χ1v) is 13.1. The fraction of sp³-hybridized carbons (Fsp3) is 1.00. The second-order valence-corrected chi connectivity index (χ2v) is 12.2. The van der Waals surface area contributed by atoms with E-state index < -0.39 is 98.2 Å². The molecule has 2 unspecified atom stereocenters. The van der Waals surface area contributed by atoms with Gasteiger partial charge in [0.25, 0.3) is 20.1 Å². The van der Waals surface area contributed by atoms with Crippen molar-refractivity contribution in [3.8, 4) is 0 Å². The van der Waals surface area contributed by atoms with E-state index in [4.69, 9.17) is 9.66 Å². The van der Waals surface area contributed by atoms with Gasteiger partial charge < -0.3 is 19.8 Å². The maximum absolute atomic E-state index is 14.4. The number of aliphatic hydroxyl groups excluding tert-OH is 3. The standard InChI is InChI=1S/C16H27F9N2O8S2/c1-27(2,8-12(30)10-29)6-4-11(9-28)26(5-3-7-36(31,32)33)37(34,35)16(24,25)14(19,20)13(17,18)15(21,22)23/h11-12,28-30H,3-10H2,1-2H3/p+1. The molecule has 0 saturated heterocycles. The molecule has 0 fully saturated rings. The number of likely N-dealkylation sites (N-methyl/N-ethyl adjacent to an activating group) is 1. The zero-order valence-electron chi connectivity index (χ0n) is 19.3. The molecule has 0 bridgehead atoms. The third kappa shape index (κ3) is 8.51. The van der Waals surface area contributed by atoms with E-state index in [0.29, 0.717) is 0 Å². The molecular formula is C16H28F9N2O8S2+. The van der Waals surface area contributed by atoms with Gasteiger partial charge in [-0.1, -0.05) is 0 Å². The Morgan fingerprint density at radius 2 is 1.35 bits per heavy atom. The Morgan fingerprint density at radius 3 is 1.73 bits per heavy atom. The highest BCUT2D eigenvalue weighted by Gasteiger charge is 2.85. The molecule has 10 nitrogen and oxygen atoms in total. The second-order valence-electron chi connectivity index (χ2n) is 8.72. The molecule has 0 spiro atoms. The topological polar surface area (TPSA) is 152 Å². The molecule has 0 heterocycles. The van der Waals surface area contributed by atoms with E-state index in [2.05, 4.69) is 0 Å². The zero-order valence-corrected chi connectivity index (χ0v) is 21.0. The lowest BCUT2D eigenvalue weighted by Crippen LogP contribution is -2.66. The molecule has 0 aliphatic carbocycles. The van der Waals surface area contributed by atoms with Gasteiger partial charge in [0.05, 0.1) is 45.6 Å². The molecule has 37 heavy (non-hydrogen) atoms. The number of hydrogen-bond acceptors (Lipinski definition) is 7. The summed E-state index contributed by atoms with van der Waals surface area (Å²) < 4.78 is 175. The smallest absolute Gasteiger partial charge is 0.395 e. The molecular weight excluding hydrogens is 583 g/mol. The van der Waals surface area contributed by atoms with Crippen LogP contribution in [0.3, 0.4) is 0 Å². The van der Waals surface area contributed by atoms with Gasteiger partial charge in [0.1, 0.15) is 12.6 Å². The summed E-state index contributed by atoms with van der Waals surface area (Å²) in [7, 11) is -9.40. The number of aliphatic hydroxyl groups is 3. The molecule has 0 amide bonds. The fourth-order valence-electron chi connectivity index (χ4n) is 3.12. The Bertz CT molecular complexity index is 960. The minimum Gasteiger partial charge on any atom is -0.395 e. The SMILES string of the molecule is C[N+](C)(CCC(CO)N(CCCS(=O)(=O)O)S(=O)(=O)C(F)(F)C(F)(F)C(F)(F)C(F)(F)F)CC(O)CO. The molecule has 0 saturated carbocycles. The van der Waals surface area contributed by atoms with Crippen LogP contribution >= 0.6 is 0 Å². The van der Waals surface area contributed by atoms with E-state index in [1.807, 2.05) is 0 Å². The minimum atomic E-state index is -7.56. The van der Waals surface area contributed by atoms with E-state index in [0.717, 1.165) is 0 Å². The van der Waals surface area contributed by atoms with Crippen molar-refractivity contribution in [1.29, 1.82) is 0 Å². The van der Waals surface area contributed by atoms with E-state index in [1.54, 1.807) is 0 Å². The lowest BCUT2D eigenvalue weighted by atomic mass is 10.1. The number of quaternary nitrogens is 1. The number of rotatable bonds is 16. The van der Waals surface area contributed by atoms with Crippen LogP contribution in [0.2, 0.25) is 0 Å². The summed E-state index contributed by atoms with van der Waals surface area (Å²) in [6, 6.07) is -2.18. The zero-order chi connectivity index (χ0) is 29.9. The summed E-state index contributed by atoms with van der Waals surface area (Å²) in [4.78, 5) is 0. The highest BCUT2D eigenvalue weighted by atomic mass is 32.2. The summed E-state index contributed by atoms with van der Waals surface area (Å²) in [5.74, 6) is -16.5. The summed E-state index contributed by atoms with van der Waals surface area (Å²) in [6.07, 6.45) is -10.5. The molecule has 2 atom stereocenters. The van der Waals surface area contributed by atoms with Gasteiger partial charge >= 0.3 is 23.3 Å². The Kier molecular flexibility index (Phi) is 11.7. The van der Waals surface area contributed by atoms with Crippen molar-refractivity contribution < 1.29 is 80.7 Å². The van der Waals surface area contributed by atoms with Gasteiger partial charge in [-0.2, -0.15) is 52.2 Å². The third-order valence-corrected chi connectivity index (χ3v) is 7.94. The van der Waals surface area contributed by atoms with Crippen LogP contribution < -0.4 is 0 Å². The van der Waals surface area contributed by atoms with Gasteiger partial charge in [-0.3, -0.25) is 4.55 Å². The van der Waals surface area contributed by atoms with Gasteiger partial charge in [-0.25, -0.2) is 8.42 Å². The molecule has 4 N–H and O–H groups in total. The van der Waals surface area contributed by atoms with Crippen molar-refractivity contribution in [2.24, 2.45) is 0 Å². The highest BCUT2D eigenvalue weighted by Crippen LogP contribution is 2.55. The van der Waals surface area contributed by atoms with Crippen LogP contribution in [-0.4, -0.2) is 134 Å². The molecule has 0 aliphatic rings. The monoisotopic (exact) mass is 611 g/mol. The molecule has 0 rings (SSSR count). The number of hydrogen-bond donors (Lipinski definition) is 4. The van der Waals surface area contributed by atoms with Crippen molar-refractivity contribution >= 4 is 20.1 Å². The van der Waals surface area contributed by atoms with Crippen molar-refractivity contribution in [3.63, 3.8) is 0 Å². The maximum atomic E-state index is 14.4.